The van der Waals surface area contributed by atoms with Gasteiger partial charge < -0.3 is 5.73 Å². The van der Waals surface area contributed by atoms with Crippen LogP contribution in [-0.2, 0) is 0 Å². The average molecular weight is 244 g/mol. The van der Waals surface area contributed by atoms with Crippen LogP contribution in [0.4, 0.5) is 4.39 Å². The van der Waals surface area contributed by atoms with Gasteiger partial charge in [0.1, 0.15) is 5.82 Å². The summed E-state index contributed by atoms with van der Waals surface area (Å²) in [6.07, 6.45) is 2.37. The SMILES string of the molecule is C=CC[C@@H](N)c1cccc(F)c1Br. The summed E-state index contributed by atoms with van der Waals surface area (Å²) in [5.74, 6) is -0.281. The molecule has 1 atom stereocenters. The van der Waals surface area contributed by atoms with Crippen molar-refractivity contribution in [2.24, 2.45) is 5.73 Å². The van der Waals surface area contributed by atoms with E-state index < -0.39 is 0 Å². The van der Waals surface area contributed by atoms with Gasteiger partial charge in [0.2, 0.25) is 0 Å². The van der Waals surface area contributed by atoms with E-state index in [4.69, 9.17) is 5.73 Å². The Morgan fingerprint density at radius 1 is 1.62 bits per heavy atom. The largest absolute Gasteiger partial charge is 0.324 e. The lowest BCUT2D eigenvalue weighted by atomic mass is 10.0. The zero-order valence-corrected chi connectivity index (χ0v) is 8.72. The predicted molar refractivity (Wildman–Crippen MR) is 55.8 cm³/mol. The van der Waals surface area contributed by atoms with Gasteiger partial charge in [0.05, 0.1) is 4.47 Å². The summed E-state index contributed by atoms with van der Waals surface area (Å²) in [5, 5.41) is 0. The first kappa shape index (κ1) is 10.4. The summed E-state index contributed by atoms with van der Waals surface area (Å²) in [7, 11) is 0. The molecule has 0 bridgehead atoms. The molecular weight excluding hydrogens is 233 g/mol. The Morgan fingerprint density at radius 2 is 2.31 bits per heavy atom. The maximum Gasteiger partial charge on any atom is 0.137 e. The lowest BCUT2D eigenvalue weighted by Gasteiger charge is -2.11. The molecular formula is C10H11BrFN. The number of nitrogens with two attached hydrogens (primary N) is 1. The van der Waals surface area contributed by atoms with Crippen LogP contribution in [0.2, 0.25) is 0 Å². The molecule has 0 saturated heterocycles. The van der Waals surface area contributed by atoms with Gasteiger partial charge in [-0.25, -0.2) is 4.39 Å². The Hall–Kier alpha value is -0.670. The third kappa shape index (κ3) is 2.39. The molecule has 0 unspecified atom stereocenters. The van der Waals surface area contributed by atoms with Gasteiger partial charge in [-0.3, -0.25) is 0 Å². The van der Waals surface area contributed by atoms with Crippen LogP contribution in [-0.4, -0.2) is 0 Å². The Balaban J connectivity index is 3.00. The molecule has 13 heavy (non-hydrogen) atoms. The molecule has 0 aliphatic rings. The van der Waals surface area contributed by atoms with Gasteiger partial charge >= 0.3 is 0 Å². The fourth-order valence-electron chi connectivity index (χ4n) is 1.11. The van der Waals surface area contributed by atoms with Crippen LogP contribution >= 0.6 is 15.9 Å². The van der Waals surface area contributed by atoms with Gasteiger partial charge in [0, 0.05) is 6.04 Å². The van der Waals surface area contributed by atoms with Crippen molar-refractivity contribution in [3.63, 3.8) is 0 Å². The number of rotatable bonds is 3. The lowest BCUT2D eigenvalue weighted by molar-refractivity contribution is 0.611. The Morgan fingerprint density at radius 3 is 2.92 bits per heavy atom. The molecule has 1 aromatic rings. The van der Waals surface area contributed by atoms with Crippen molar-refractivity contribution < 1.29 is 4.39 Å². The molecule has 0 radical (unpaired) electrons. The van der Waals surface area contributed by atoms with Crippen molar-refractivity contribution in [2.45, 2.75) is 12.5 Å². The second kappa shape index (κ2) is 4.53. The average Bonchev–Trinajstić information content (AvgIpc) is 2.10. The molecule has 1 aromatic carbocycles. The molecule has 0 spiro atoms. The first-order valence-electron chi connectivity index (χ1n) is 3.97. The van der Waals surface area contributed by atoms with Gasteiger partial charge in [0.15, 0.2) is 0 Å². The molecule has 2 N–H and O–H groups in total. The number of hydrogen-bond acceptors (Lipinski definition) is 1. The van der Waals surface area contributed by atoms with Gasteiger partial charge in [-0.05, 0) is 34.0 Å². The molecule has 1 nitrogen and oxygen atoms in total. The highest BCUT2D eigenvalue weighted by atomic mass is 79.9. The molecule has 0 aliphatic carbocycles. The number of hydrogen-bond donors (Lipinski definition) is 1. The van der Waals surface area contributed by atoms with E-state index >= 15 is 0 Å². The van der Waals surface area contributed by atoms with Crippen molar-refractivity contribution in [2.75, 3.05) is 0 Å². The third-order valence-corrected chi connectivity index (χ3v) is 2.64. The van der Waals surface area contributed by atoms with Crippen LogP contribution < -0.4 is 5.73 Å². The van der Waals surface area contributed by atoms with Crippen LogP contribution in [0.3, 0.4) is 0 Å². The van der Waals surface area contributed by atoms with Gasteiger partial charge in [-0.2, -0.15) is 0 Å². The van der Waals surface area contributed by atoms with E-state index in [0.717, 1.165) is 5.56 Å². The van der Waals surface area contributed by atoms with Crippen LogP contribution in [0.15, 0.2) is 35.3 Å². The number of halogens is 2. The molecule has 0 saturated carbocycles. The first-order valence-corrected chi connectivity index (χ1v) is 4.76. The van der Waals surface area contributed by atoms with Crippen molar-refractivity contribution in [1.29, 1.82) is 0 Å². The maximum atomic E-state index is 13.1. The quantitative estimate of drug-likeness (QED) is 0.812. The van der Waals surface area contributed by atoms with E-state index in [1.807, 2.05) is 0 Å². The van der Waals surface area contributed by atoms with Gasteiger partial charge in [-0.15, -0.1) is 6.58 Å². The third-order valence-electron chi connectivity index (χ3n) is 1.80. The molecule has 1 rings (SSSR count). The fourth-order valence-corrected chi connectivity index (χ4v) is 1.67. The zero-order chi connectivity index (χ0) is 9.84. The second-order valence-corrected chi connectivity index (χ2v) is 3.57. The molecule has 0 fully saturated rings. The van der Waals surface area contributed by atoms with Crippen LogP contribution in [0.1, 0.15) is 18.0 Å². The Labute approximate surface area is 85.6 Å². The minimum atomic E-state index is -0.281. The van der Waals surface area contributed by atoms with Crippen LogP contribution in [0.25, 0.3) is 0 Å². The minimum absolute atomic E-state index is 0.192. The summed E-state index contributed by atoms with van der Waals surface area (Å²) >= 11 is 3.16. The van der Waals surface area contributed by atoms with E-state index in [-0.39, 0.29) is 11.9 Å². The Kier molecular flexibility index (Phi) is 3.63. The summed E-state index contributed by atoms with van der Waals surface area (Å²) < 4.78 is 13.5. The van der Waals surface area contributed by atoms with Crippen molar-refractivity contribution in [3.8, 4) is 0 Å². The molecule has 0 amide bonds. The molecule has 0 aliphatic heterocycles. The van der Waals surface area contributed by atoms with Crippen LogP contribution in [0.5, 0.6) is 0 Å². The van der Waals surface area contributed by atoms with Crippen LogP contribution in [0, 0.1) is 5.82 Å². The van der Waals surface area contributed by atoms with Crippen molar-refractivity contribution in [1.82, 2.24) is 0 Å². The predicted octanol–water partition coefficient (Wildman–Crippen LogP) is 3.16. The van der Waals surface area contributed by atoms with E-state index in [9.17, 15) is 4.39 Å². The standard InChI is InChI=1S/C10H11BrFN/c1-2-4-9(13)7-5-3-6-8(12)10(7)11/h2-3,5-6,9H,1,4,13H2/t9-/m1/s1. The molecule has 70 valence electrons. The second-order valence-electron chi connectivity index (χ2n) is 2.77. The topological polar surface area (TPSA) is 26.0 Å². The Bertz CT molecular complexity index is 312. The molecule has 3 heteroatoms. The minimum Gasteiger partial charge on any atom is -0.324 e. The van der Waals surface area contributed by atoms with E-state index in [2.05, 4.69) is 22.5 Å². The van der Waals surface area contributed by atoms with E-state index in [1.165, 1.54) is 6.07 Å². The first-order chi connectivity index (χ1) is 6.16. The summed E-state index contributed by atoms with van der Waals surface area (Å²) in [6.45, 7) is 3.59. The van der Waals surface area contributed by atoms with Crippen molar-refractivity contribution >= 4 is 15.9 Å². The lowest BCUT2D eigenvalue weighted by Crippen LogP contribution is -2.10. The maximum absolute atomic E-state index is 13.1. The van der Waals surface area contributed by atoms with E-state index in [0.29, 0.717) is 10.9 Å². The fraction of sp³-hybridized carbons (Fsp3) is 0.200. The molecule has 0 heterocycles. The van der Waals surface area contributed by atoms with Crippen molar-refractivity contribution in [3.05, 3.63) is 46.7 Å². The highest BCUT2D eigenvalue weighted by Gasteiger charge is 2.10. The van der Waals surface area contributed by atoms with Gasteiger partial charge in [-0.1, -0.05) is 18.2 Å². The summed E-state index contributed by atoms with van der Waals surface area (Å²) in [5.41, 5.74) is 6.58. The number of benzene rings is 1. The molecule has 0 aromatic heterocycles. The summed E-state index contributed by atoms with van der Waals surface area (Å²) in [4.78, 5) is 0. The van der Waals surface area contributed by atoms with Gasteiger partial charge in [0.25, 0.3) is 0 Å². The smallest absolute Gasteiger partial charge is 0.137 e. The summed E-state index contributed by atoms with van der Waals surface area (Å²) in [6, 6.07) is 4.66. The highest BCUT2D eigenvalue weighted by Crippen LogP contribution is 2.26. The normalized spacial score (nSPS) is 12.5. The highest BCUT2D eigenvalue weighted by molar-refractivity contribution is 9.10. The van der Waals surface area contributed by atoms with E-state index in [1.54, 1.807) is 18.2 Å². The zero-order valence-electron chi connectivity index (χ0n) is 7.13. The monoisotopic (exact) mass is 243 g/mol.